The molecule has 2 aromatic carbocycles. The molecule has 8 nitrogen and oxygen atoms in total. The molecule has 31 heavy (non-hydrogen) atoms. The quantitative estimate of drug-likeness (QED) is 0.589. The van der Waals surface area contributed by atoms with E-state index < -0.39 is 15.9 Å². The van der Waals surface area contributed by atoms with Crippen LogP contribution in [0, 0.1) is 5.92 Å². The van der Waals surface area contributed by atoms with Crippen molar-refractivity contribution in [2.45, 2.75) is 10.8 Å². The first-order valence-corrected chi connectivity index (χ1v) is 11.4. The van der Waals surface area contributed by atoms with Crippen molar-refractivity contribution in [3.8, 4) is 11.5 Å². The zero-order chi connectivity index (χ0) is 22.4. The van der Waals surface area contributed by atoms with Crippen LogP contribution < -0.4 is 14.8 Å². The molecule has 2 atom stereocenters. The SMILES string of the molecule is COCCNC(=O)C1CN(S(=O)(=O)c2ccccc2)CC1c1ccc(OC)cc1OC. The Labute approximate surface area is 183 Å². The third-order valence-electron chi connectivity index (χ3n) is 5.45. The van der Waals surface area contributed by atoms with Gasteiger partial charge in [0, 0.05) is 38.7 Å². The Morgan fingerprint density at radius 3 is 2.45 bits per heavy atom. The zero-order valence-corrected chi connectivity index (χ0v) is 18.7. The summed E-state index contributed by atoms with van der Waals surface area (Å²) in [7, 11) is 0.917. The minimum atomic E-state index is -3.74. The van der Waals surface area contributed by atoms with E-state index in [9.17, 15) is 13.2 Å². The third kappa shape index (κ3) is 5.00. The summed E-state index contributed by atoms with van der Waals surface area (Å²) in [6, 6.07) is 13.6. The molecule has 3 rings (SSSR count). The minimum Gasteiger partial charge on any atom is -0.497 e. The number of hydrogen-bond donors (Lipinski definition) is 1. The molecule has 168 valence electrons. The van der Waals surface area contributed by atoms with E-state index >= 15 is 0 Å². The van der Waals surface area contributed by atoms with Crippen LogP contribution in [0.5, 0.6) is 11.5 Å². The summed E-state index contributed by atoms with van der Waals surface area (Å²) in [4.78, 5) is 13.2. The number of benzene rings is 2. The molecule has 0 bridgehead atoms. The molecule has 0 aromatic heterocycles. The van der Waals surface area contributed by atoms with Gasteiger partial charge in [-0.05, 0) is 23.8 Å². The number of carbonyl (C=O) groups is 1. The predicted octanol–water partition coefficient (Wildman–Crippen LogP) is 1.87. The Bertz CT molecular complexity index is 996. The van der Waals surface area contributed by atoms with Gasteiger partial charge < -0.3 is 19.5 Å². The first-order chi connectivity index (χ1) is 14.9. The van der Waals surface area contributed by atoms with E-state index in [-0.39, 0.29) is 29.8 Å². The Hall–Kier alpha value is -2.62. The van der Waals surface area contributed by atoms with Crippen molar-refractivity contribution < 1.29 is 27.4 Å². The predicted molar refractivity (Wildman–Crippen MR) is 116 cm³/mol. The lowest BCUT2D eigenvalue weighted by Gasteiger charge is -2.21. The van der Waals surface area contributed by atoms with Crippen molar-refractivity contribution in [2.24, 2.45) is 5.92 Å². The van der Waals surface area contributed by atoms with Crippen LogP contribution in [0.3, 0.4) is 0 Å². The molecule has 2 unspecified atom stereocenters. The molecule has 2 aromatic rings. The van der Waals surface area contributed by atoms with Crippen LogP contribution >= 0.6 is 0 Å². The third-order valence-corrected chi connectivity index (χ3v) is 7.30. The van der Waals surface area contributed by atoms with Crippen LogP contribution in [0.25, 0.3) is 0 Å². The summed E-state index contributed by atoms with van der Waals surface area (Å²) in [6.45, 7) is 0.975. The Morgan fingerprint density at radius 1 is 1.06 bits per heavy atom. The van der Waals surface area contributed by atoms with Gasteiger partial charge in [0.15, 0.2) is 0 Å². The summed E-state index contributed by atoms with van der Waals surface area (Å²) in [6.07, 6.45) is 0. The number of amides is 1. The van der Waals surface area contributed by atoms with Gasteiger partial charge in [-0.1, -0.05) is 24.3 Å². The highest BCUT2D eigenvalue weighted by atomic mass is 32.2. The molecular formula is C22H28N2O6S. The van der Waals surface area contributed by atoms with E-state index in [0.29, 0.717) is 24.7 Å². The van der Waals surface area contributed by atoms with Crippen molar-refractivity contribution in [1.82, 2.24) is 9.62 Å². The van der Waals surface area contributed by atoms with Crippen LogP contribution in [0.15, 0.2) is 53.4 Å². The van der Waals surface area contributed by atoms with Crippen molar-refractivity contribution >= 4 is 15.9 Å². The fraction of sp³-hybridized carbons (Fsp3) is 0.409. The van der Waals surface area contributed by atoms with E-state index in [1.54, 1.807) is 63.8 Å². The van der Waals surface area contributed by atoms with Crippen molar-refractivity contribution in [1.29, 1.82) is 0 Å². The zero-order valence-electron chi connectivity index (χ0n) is 17.9. The molecule has 1 aliphatic rings. The maximum Gasteiger partial charge on any atom is 0.243 e. The number of nitrogens with zero attached hydrogens (tertiary/aromatic N) is 1. The second kappa shape index (κ2) is 10.1. The van der Waals surface area contributed by atoms with Gasteiger partial charge in [-0.3, -0.25) is 4.79 Å². The summed E-state index contributed by atoms with van der Waals surface area (Å²) in [5.74, 6) is 0.0108. The molecule has 1 saturated heterocycles. The minimum absolute atomic E-state index is 0.0793. The lowest BCUT2D eigenvalue weighted by atomic mass is 9.87. The van der Waals surface area contributed by atoms with Gasteiger partial charge in [0.25, 0.3) is 0 Å². The highest BCUT2D eigenvalue weighted by Gasteiger charge is 2.44. The molecule has 0 aliphatic carbocycles. The van der Waals surface area contributed by atoms with Crippen LogP contribution in [0.2, 0.25) is 0 Å². The molecule has 1 N–H and O–H groups in total. The molecule has 9 heteroatoms. The monoisotopic (exact) mass is 448 g/mol. The van der Waals surface area contributed by atoms with E-state index in [1.165, 1.54) is 4.31 Å². The summed E-state index contributed by atoms with van der Waals surface area (Å²) in [5.41, 5.74) is 0.765. The number of carbonyl (C=O) groups excluding carboxylic acids is 1. The lowest BCUT2D eigenvalue weighted by Crippen LogP contribution is -2.37. The van der Waals surface area contributed by atoms with Crippen LogP contribution in [0.4, 0.5) is 0 Å². The molecule has 1 aliphatic heterocycles. The first kappa shape index (κ1) is 23.1. The van der Waals surface area contributed by atoms with E-state index in [1.807, 2.05) is 6.07 Å². The largest absolute Gasteiger partial charge is 0.497 e. The fourth-order valence-corrected chi connectivity index (χ4v) is 5.33. The second-order valence-electron chi connectivity index (χ2n) is 7.24. The number of methoxy groups -OCH3 is 3. The van der Waals surface area contributed by atoms with Gasteiger partial charge in [-0.15, -0.1) is 0 Å². The number of rotatable bonds is 9. The van der Waals surface area contributed by atoms with Gasteiger partial charge in [0.05, 0.1) is 31.6 Å². The normalized spacial score (nSPS) is 19.2. The Balaban J connectivity index is 1.96. The molecule has 0 spiro atoms. The van der Waals surface area contributed by atoms with E-state index in [2.05, 4.69) is 5.32 Å². The maximum absolute atomic E-state index is 13.2. The lowest BCUT2D eigenvalue weighted by molar-refractivity contribution is -0.125. The fourth-order valence-electron chi connectivity index (χ4n) is 3.82. The molecule has 1 heterocycles. The van der Waals surface area contributed by atoms with E-state index in [0.717, 1.165) is 5.56 Å². The molecule has 1 amide bonds. The average molecular weight is 449 g/mol. The highest BCUT2D eigenvalue weighted by Crippen LogP contribution is 2.41. The van der Waals surface area contributed by atoms with Gasteiger partial charge in [0.2, 0.25) is 15.9 Å². The van der Waals surface area contributed by atoms with Crippen molar-refractivity contribution in [3.05, 3.63) is 54.1 Å². The van der Waals surface area contributed by atoms with E-state index in [4.69, 9.17) is 14.2 Å². The Kier molecular flexibility index (Phi) is 7.53. The number of hydrogen-bond acceptors (Lipinski definition) is 6. The van der Waals surface area contributed by atoms with Gasteiger partial charge in [-0.25, -0.2) is 8.42 Å². The van der Waals surface area contributed by atoms with Crippen LogP contribution in [-0.4, -0.2) is 66.2 Å². The second-order valence-corrected chi connectivity index (χ2v) is 9.18. The number of sulfonamides is 1. The molecule has 1 fully saturated rings. The number of nitrogens with one attached hydrogen (secondary N) is 1. The maximum atomic E-state index is 13.2. The first-order valence-electron chi connectivity index (χ1n) is 9.96. The van der Waals surface area contributed by atoms with Gasteiger partial charge >= 0.3 is 0 Å². The van der Waals surface area contributed by atoms with Crippen molar-refractivity contribution in [3.63, 3.8) is 0 Å². The molecular weight excluding hydrogens is 420 g/mol. The Morgan fingerprint density at radius 2 is 1.81 bits per heavy atom. The summed E-state index contributed by atoms with van der Waals surface area (Å²) >= 11 is 0. The van der Waals surface area contributed by atoms with Crippen LogP contribution in [0.1, 0.15) is 11.5 Å². The smallest absolute Gasteiger partial charge is 0.243 e. The highest BCUT2D eigenvalue weighted by molar-refractivity contribution is 7.89. The molecule has 0 saturated carbocycles. The van der Waals surface area contributed by atoms with Gasteiger partial charge in [0.1, 0.15) is 11.5 Å². The van der Waals surface area contributed by atoms with Crippen molar-refractivity contribution in [2.75, 3.05) is 47.6 Å². The average Bonchev–Trinajstić information content (AvgIpc) is 3.25. The molecule has 0 radical (unpaired) electrons. The van der Waals surface area contributed by atoms with Crippen LogP contribution in [-0.2, 0) is 19.6 Å². The standard InChI is InChI=1S/C22H28N2O6S/c1-28-12-11-23-22(25)20-15-24(31(26,27)17-7-5-4-6-8-17)14-19(20)18-10-9-16(29-2)13-21(18)30-3/h4-10,13,19-20H,11-12,14-15H2,1-3H3,(H,23,25). The number of ether oxygens (including phenoxy) is 3. The van der Waals surface area contributed by atoms with Gasteiger partial charge in [-0.2, -0.15) is 4.31 Å². The topological polar surface area (TPSA) is 94.2 Å². The summed E-state index contributed by atoms with van der Waals surface area (Å²) < 4.78 is 43.6. The summed E-state index contributed by atoms with van der Waals surface area (Å²) in [5, 5.41) is 2.85.